The van der Waals surface area contributed by atoms with Crippen LogP contribution in [0, 0.1) is 0 Å². The van der Waals surface area contributed by atoms with Crippen LogP contribution in [0.25, 0.3) is 101 Å². The average molecular weight is 694 g/mol. The second-order valence-corrected chi connectivity index (χ2v) is 12.8. The maximum absolute atomic E-state index is 5.11. The molecule has 4 heterocycles. The van der Waals surface area contributed by atoms with Gasteiger partial charge in [0.2, 0.25) is 0 Å². The topological polar surface area (TPSA) is 116 Å². The predicted octanol–water partition coefficient (Wildman–Crippen LogP) is 9.70. The average Bonchev–Trinajstić information content (AvgIpc) is 3.26. The van der Waals surface area contributed by atoms with Crippen LogP contribution in [0.15, 0.2) is 165 Å². The summed E-state index contributed by atoms with van der Waals surface area (Å²) in [5.41, 5.74) is 10.5. The Morgan fingerprint density at radius 2 is 0.556 bits per heavy atom. The molecule has 0 fully saturated rings. The quantitative estimate of drug-likeness (QED) is 0.168. The normalized spacial score (nSPS) is 11.3. The van der Waals surface area contributed by atoms with Crippen LogP contribution in [0.1, 0.15) is 0 Å². The molecule has 4 aromatic heterocycles. The third-order valence-corrected chi connectivity index (χ3v) is 9.45. The molecule has 0 N–H and O–H groups in total. The fourth-order valence-electron chi connectivity index (χ4n) is 6.88. The summed E-state index contributed by atoms with van der Waals surface area (Å²) in [6.45, 7) is 0. The van der Waals surface area contributed by atoms with Crippen LogP contribution in [0.4, 0.5) is 0 Å². The molecule has 6 aromatic carbocycles. The lowest BCUT2D eigenvalue weighted by molar-refractivity contribution is 1.07. The van der Waals surface area contributed by atoms with Crippen molar-refractivity contribution in [1.29, 1.82) is 0 Å². The van der Waals surface area contributed by atoms with Gasteiger partial charge < -0.3 is 0 Å². The van der Waals surface area contributed by atoms with Crippen LogP contribution >= 0.6 is 0 Å². The summed E-state index contributed by atoms with van der Waals surface area (Å²) in [6, 6.07) is 48.5. The van der Waals surface area contributed by atoms with E-state index in [0.29, 0.717) is 17.5 Å². The number of benzene rings is 6. The van der Waals surface area contributed by atoms with Crippen LogP contribution < -0.4 is 0 Å². The van der Waals surface area contributed by atoms with Crippen molar-refractivity contribution in [3.05, 3.63) is 165 Å². The molecule has 0 amide bonds. The van der Waals surface area contributed by atoms with Gasteiger partial charge in [-0.25, -0.2) is 44.9 Å². The predicted molar refractivity (Wildman–Crippen MR) is 212 cm³/mol. The van der Waals surface area contributed by atoms with Crippen LogP contribution in [0.5, 0.6) is 0 Å². The molecule has 0 saturated carbocycles. The van der Waals surface area contributed by atoms with Crippen LogP contribution in [-0.4, -0.2) is 44.9 Å². The standard InChI is InChI=1S/C45H27N9/c1-4-19-37-34(16-1)40(49-25-46-37)28-10-7-13-31(22-28)43-52-44(32-14-8-11-29(23-32)41-35-17-2-5-20-38(35)47-26-50-41)54-45(53-43)33-15-9-12-30(24-33)42-36-18-3-6-21-39(36)48-27-51-42/h1-27H. The van der Waals surface area contributed by atoms with E-state index in [9.17, 15) is 0 Å². The van der Waals surface area contributed by atoms with Crippen molar-refractivity contribution in [3.8, 4) is 67.9 Å². The van der Waals surface area contributed by atoms with Crippen molar-refractivity contribution >= 4 is 32.7 Å². The lowest BCUT2D eigenvalue weighted by Crippen LogP contribution is -2.01. The molecule has 0 radical (unpaired) electrons. The van der Waals surface area contributed by atoms with Gasteiger partial charge in [0.25, 0.3) is 0 Å². The summed E-state index contributed by atoms with van der Waals surface area (Å²) >= 11 is 0. The molecule has 0 aliphatic rings. The Kier molecular flexibility index (Phi) is 7.58. The van der Waals surface area contributed by atoms with Gasteiger partial charge in [0, 0.05) is 49.5 Å². The summed E-state index contributed by atoms with van der Waals surface area (Å²) in [4.78, 5) is 42.8. The van der Waals surface area contributed by atoms with Gasteiger partial charge in [-0.3, -0.25) is 0 Å². The van der Waals surface area contributed by atoms with Crippen molar-refractivity contribution in [1.82, 2.24) is 44.9 Å². The molecule has 0 spiro atoms. The first-order chi connectivity index (χ1) is 26.7. The molecule has 54 heavy (non-hydrogen) atoms. The number of para-hydroxylation sites is 3. The van der Waals surface area contributed by atoms with Crippen molar-refractivity contribution in [3.63, 3.8) is 0 Å². The smallest absolute Gasteiger partial charge is 0.164 e. The zero-order valence-corrected chi connectivity index (χ0v) is 28.6. The first kappa shape index (κ1) is 31.1. The van der Waals surface area contributed by atoms with E-state index in [0.717, 1.165) is 83.2 Å². The second kappa shape index (κ2) is 13.2. The highest BCUT2D eigenvalue weighted by atomic mass is 15.0. The minimum atomic E-state index is 0.533. The number of fused-ring (bicyclic) bond motifs is 3. The Morgan fingerprint density at radius 1 is 0.259 bits per heavy atom. The summed E-state index contributed by atoms with van der Waals surface area (Å²) < 4.78 is 0. The van der Waals surface area contributed by atoms with E-state index in [2.05, 4.69) is 48.1 Å². The highest BCUT2D eigenvalue weighted by Crippen LogP contribution is 2.34. The monoisotopic (exact) mass is 693 g/mol. The van der Waals surface area contributed by atoms with Gasteiger partial charge in [-0.1, -0.05) is 109 Å². The van der Waals surface area contributed by atoms with Gasteiger partial charge in [0.1, 0.15) is 19.0 Å². The first-order valence-electron chi connectivity index (χ1n) is 17.4. The molecule has 0 unspecified atom stereocenters. The van der Waals surface area contributed by atoms with Crippen LogP contribution in [-0.2, 0) is 0 Å². The fourth-order valence-corrected chi connectivity index (χ4v) is 6.88. The zero-order chi connectivity index (χ0) is 35.8. The largest absolute Gasteiger partial charge is 0.236 e. The molecule has 0 aliphatic carbocycles. The van der Waals surface area contributed by atoms with E-state index < -0.39 is 0 Å². The molecule has 9 nitrogen and oxygen atoms in total. The summed E-state index contributed by atoms with van der Waals surface area (Å²) in [6.07, 6.45) is 4.81. The van der Waals surface area contributed by atoms with Crippen LogP contribution in [0.2, 0.25) is 0 Å². The van der Waals surface area contributed by atoms with Gasteiger partial charge in [-0.15, -0.1) is 0 Å². The third-order valence-electron chi connectivity index (χ3n) is 9.45. The maximum Gasteiger partial charge on any atom is 0.164 e. The first-order valence-corrected chi connectivity index (χ1v) is 17.4. The Bertz CT molecular complexity index is 2680. The highest BCUT2D eigenvalue weighted by Gasteiger charge is 2.17. The molecule has 0 saturated heterocycles. The maximum atomic E-state index is 5.11. The summed E-state index contributed by atoms with van der Waals surface area (Å²) in [7, 11) is 0. The minimum absolute atomic E-state index is 0.533. The van der Waals surface area contributed by atoms with E-state index in [4.69, 9.17) is 15.0 Å². The third kappa shape index (κ3) is 5.66. The Hall–Kier alpha value is -7.65. The number of hydrogen-bond acceptors (Lipinski definition) is 9. The van der Waals surface area contributed by atoms with Crippen molar-refractivity contribution in [2.45, 2.75) is 0 Å². The number of nitrogens with zero attached hydrogens (tertiary/aromatic N) is 9. The number of rotatable bonds is 6. The Morgan fingerprint density at radius 3 is 0.889 bits per heavy atom. The van der Waals surface area contributed by atoms with E-state index in [1.54, 1.807) is 19.0 Å². The van der Waals surface area contributed by atoms with E-state index >= 15 is 0 Å². The van der Waals surface area contributed by atoms with Crippen molar-refractivity contribution in [2.75, 3.05) is 0 Å². The molecule has 10 rings (SSSR count). The molecule has 9 heteroatoms. The van der Waals surface area contributed by atoms with Gasteiger partial charge in [0.15, 0.2) is 17.5 Å². The highest BCUT2D eigenvalue weighted by molar-refractivity contribution is 5.95. The van der Waals surface area contributed by atoms with Crippen LogP contribution in [0.3, 0.4) is 0 Å². The summed E-state index contributed by atoms with van der Waals surface area (Å²) in [5, 5.41) is 2.91. The van der Waals surface area contributed by atoms with E-state index in [1.165, 1.54) is 0 Å². The summed E-state index contributed by atoms with van der Waals surface area (Å²) in [5.74, 6) is 1.60. The molecule has 10 aromatic rings. The van der Waals surface area contributed by atoms with E-state index in [1.807, 2.05) is 127 Å². The molecular weight excluding hydrogens is 667 g/mol. The van der Waals surface area contributed by atoms with Gasteiger partial charge in [0.05, 0.1) is 33.6 Å². The molecule has 0 bridgehead atoms. The van der Waals surface area contributed by atoms with Gasteiger partial charge in [-0.2, -0.15) is 0 Å². The lowest BCUT2D eigenvalue weighted by Gasteiger charge is -2.12. The molecular formula is C45H27N9. The molecule has 0 atom stereocenters. The second-order valence-electron chi connectivity index (χ2n) is 12.8. The van der Waals surface area contributed by atoms with Gasteiger partial charge >= 0.3 is 0 Å². The Labute approximate surface area is 309 Å². The minimum Gasteiger partial charge on any atom is -0.236 e. The number of aromatic nitrogens is 9. The van der Waals surface area contributed by atoms with Crippen molar-refractivity contribution in [2.24, 2.45) is 0 Å². The fraction of sp³-hybridized carbons (Fsp3) is 0. The van der Waals surface area contributed by atoms with Crippen molar-refractivity contribution < 1.29 is 0 Å². The zero-order valence-electron chi connectivity index (χ0n) is 28.6. The molecule has 0 aliphatic heterocycles. The number of hydrogen-bond donors (Lipinski definition) is 0. The van der Waals surface area contributed by atoms with Gasteiger partial charge in [-0.05, 0) is 36.4 Å². The lowest BCUT2D eigenvalue weighted by atomic mass is 10.0. The Balaban J connectivity index is 1.14. The van der Waals surface area contributed by atoms with E-state index in [-0.39, 0.29) is 0 Å². The SMILES string of the molecule is c1cc(-c2nc(-c3cccc(-c4ncnc5ccccc45)c3)nc(-c3cccc(-c4ncnc5ccccc45)c3)n2)cc(-c2ncnc3ccccc23)c1. The molecule has 252 valence electrons.